The van der Waals surface area contributed by atoms with E-state index in [1.807, 2.05) is 115 Å². The lowest BCUT2D eigenvalue weighted by Gasteiger charge is -2.05. The SMILES string of the molecule is O=S(=O)(Cc1nc(-c2ccccc2)c(-c2ccccc2)o1)c1ccc(-n2cc(-c3ccc(Oc4ccccc4)cc3)nn2)cc1. The predicted octanol–water partition coefficient (Wildman–Crippen LogP) is 8.02. The molecular weight excluding hydrogens is 584 g/mol. The van der Waals surface area contributed by atoms with Crippen LogP contribution in [0.1, 0.15) is 5.89 Å². The van der Waals surface area contributed by atoms with Crippen LogP contribution in [0.5, 0.6) is 11.5 Å². The summed E-state index contributed by atoms with van der Waals surface area (Å²) in [5.74, 6) is 1.75. The number of sulfone groups is 1. The van der Waals surface area contributed by atoms with E-state index in [-0.39, 0.29) is 16.5 Å². The lowest BCUT2D eigenvalue weighted by Crippen LogP contribution is -2.06. The Bertz CT molecular complexity index is 2090. The third-order valence-electron chi connectivity index (χ3n) is 7.15. The Balaban J connectivity index is 1.08. The zero-order valence-corrected chi connectivity index (χ0v) is 24.7. The van der Waals surface area contributed by atoms with Gasteiger partial charge in [-0.15, -0.1) is 5.10 Å². The van der Waals surface area contributed by atoms with Crippen molar-refractivity contribution >= 4 is 9.84 Å². The summed E-state index contributed by atoms with van der Waals surface area (Å²) in [6.07, 6.45) is 1.79. The molecule has 2 heterocycles. The average molecular weight is 611 g/mol. The van der Waals surface area contributed by atoms with Crippen molar-refractivity contribution in [1.29, 1.82) is 0 Å². The largest absolute Gasteiger partial charge is 0.457 e. The Morgan fingerprint density at radius 1 is 0.644 bits per heavy atom. The fraction of sp³-hybridized carbons (Fsp3) is 0.0278. The molecule has 0 N–H and O–H groups in total. The van der Waals surface area contributed by atoms with Crippen molar-refractivity contribution in [2.45, 2.75) is 10.6 Å². The van der Waals surface area contributed by atoms with Crippen LogP contribution in [0.2, 0.25) is 0 Å². The number of para-hydroxylation sites is 1. The number of nitrogens with zero attached hydrogens (tertiary/aromatic N) is 4. The van der Waals surface area contributed by atoms with Gasteiger partial charge in [0.15, 0.2) is 15.6 Å². The molecule has 0 spiro atoms. The molecule has 220 valence electrons. The summed E-state index contributed by atoms with van der Waals surface area (Å²) in [5, 5.41) is 8.54. The summed E-state index contributed by atoms with van der Waals surface area (Å²) in [6.45, 7) is 0. The van der Waals surface area contributed by atoms with Crippen LogP contribution in [0.25, 0.3) is 39.5 Å². The zero-order chi connectivity index (χ0) is 30.6. The Labute approximate surface area is 260 Å². The van der Waals surface area contributed by atoms with Gasteiger partial charge in [0.2, 0.25) is 5.89 Å². The maximum atomic E-state index is 13.4. The maximum Gasteiger partial charge on any atom is 0.211 e. The molecule has 0 saturated heterocycles. The van der Waals surface area contributed by atoms with E-state index in [0.717, 1.165) is 22.4 Å². The fourth-order valence-electron chi connectivity index (χ4n) is 4.90. The molecule has 0 radical (unpaired) electrons. The fourth-order valence-corrected chi connectivity index (χ4v) is 6.06. The Morgan fingerprint density at radius 3 is 1.91 bits per heavy atom. The molecule has 2 aromatic heterocycles. The predicted molar refractivity (Wildman–Crippen MR) is 172 cm³/mol. The molecule has 7 rings (SSSR count). The molecule has 45 heavy (non-hydrogen) atoms. The van der Waals surface area contributed by atoms with Crippen molar-refractivity contribution in [2.75, 3.05) is 0 Å². The third kappa shape index (κ3) is 6.15. The highest BCUT2D eigenvalue weighted by Crippen LogP contribution is 2.34. The minimum absolute atomic E-state index is 0.123. The Hall–Kier alpha value is -5.80. The van der Waals surface area contributed by atoms with E-state index in [2.05, 4.69) is 15.3 Å². The minimum atomic E-state index is -3.76. The van der Waals surface area contributed by atoms with Gasteiger partial charge in [-0.3, -0.25) is 0 Å². The van der Waals surface area contributed by atoms with Crippen LogP contribution >= 0.6 is 0 Å². The molecule has 5 aromatic carbocycles. The highest BCUT2D eigenvalue weighted by atomic mass is 32.2. The summed E-state index contributed by atoms with van der Waals surface area (Å²) >= 11 is 0. The molecule has 0 aliphatic carbocycles. The van der Waals surface area contributed by atoms with Crippen molar-refractivity contribution in [2.24, 2.45) is 0 Å². The minimum Gasteiger partial charge on any atom is -0.457 e. The summed E-state index contributed by atoms with van der Waals surface area (Å²) in [6, 6.07) is 42.8. The second kappa shape index (κ2) is 12.1. The van der Waals surface area contributed by atoms with Crippen LogP contribution in [0.15, 0.2) is 155 Å². The van der Waals surface area contributed by atoms with Crippen molar-refractivity contribution in [3.05, 3.63) is 152 Å². The average Bonchev–Trinajstić information content (AvgIpc) is 3.75. The number of aromatic nitrogens is 4. The topological polar surface area (TPSA) is 100 Å². The van der Waals surface area contributed by atoms with E-state index in [1.165, 1.54) is 0 Å². The summed E-state index contributed by atoms with van der Waals surface area (Å²) in [7, 11) is -3.76. The number of hydrogen-bond donors (Lipinski definition) is 0. The van der Waals surface area contributed by atoms with Crippen molar-refractivity contribution in [3.63, 3.8) is 0 Å². The molecule has 0 aliphatic rings. The van der Waals surface area contributed by atoms with E-state index in [9.17, 15) is 8.42 Å². The highest BCUT2D eigenvalue weighted by molar-refractivity contribution is 7.90. The van der Waals surface area contributed by atoms with Crippen molar-refractivity contribution in [3.8, 4) is 51.0 Å². The quantitative estimate of drug-likeness (QED) is 0.163. The summed E-state index contributed by atoms with van der Waals surface area (Å²) in [4.78, 5) is 4.77. The molecule has 9 heteroatoms. The van der Waals surface area contributed by atoms with Gasteiger partial charge >= 0.3 is 0 Å². The van der Waals surface area contributed by atoms with Gasteiger partial charge in [-0.05, 0) is 60.7 Å². The maximum absolute atomic E-state index is 13.4. The summed E-state index contributed by atoms with van der Waals surface area (Å²) < 4.78 is 40.4. The van der Waals surface area contributed by atoms with Crippen LogP contribution in [0.4, 0.5) is 0 Å². The molecule has 8 nitrogen and oxygen atoms in total. The first-order valence-electron chi connectivity index (χ1n) is 14.2. The van der Waals surface area contributed by atoms with E-state index < -0.39 is 9.84 Å². The number of rotatable bonds is 9. The van der Waals surface area contributed by atoms with Crippen molar-refractivity contribution < 1.29 is 17.6 Å². The molecule has 7 aromatic rings. The van der Waals surface area contributed by atoms with Gasteiger partial charge in [0.25, 0.3) is 0 Å². The lowest BCUT2D eigenvalue weighted by molar-refractivity contribution is 0.483. The molecule has 0 fully saturated rings. The van der Waals surface area contributed by atoms with Crippen LogP contribution < -0.4 is 4.74 Å². The van der Waals surface area contributed by atoms with Crippen LogP contribution in [0, 0.1) is 0 Å². The van der Waals surface area contributed by atoms with Gasteiger partial charge in [0, 0.05) is 16.7 Å². The normalized spacial score (nSPS) is 11.4. The second-order valence-electron chi connectivity index (χ2n) is 10.3. The first-order chi connectivity index (χ1) is 22.0. The first kappa shape index (κ1) is 28.0. The monoisotopic (exact) mass is 610 g/mol. The first-order valence-corrected chi connectivity index (χ1v) is 15.9. The Morgan fingerprint density at radius 2 is 1.24 bits per heavy atom. The van der Waals surface area contributed by atoms with Gasteiger partial charge in [-0.1, -0.05) is 84.1 Å². The third-order valence-corrected chi connectivity index (χ3v) is 8.77. The molecule has 0 unspecified atom stereocenters. The van der Waals surface area contributed by atoms with E-state index in [4.69, 9.17) is 9.15 Å². The Kier molecular flexibility index (Phi) is 7.51. The van der Waals surface area contributed by atoms with E-state index in [0.29, 0.717) is 28.6 Å². The molecule has 0 saturated carbocycles. The van der Waals surface area contributed by atoms with Gasteiger partial charge in [-0.2, -0.15) is 0 Å². The van der Waals surface area contributed by atoms with Crippen LogP contribution in [0.3, 0.4) is 0 Å². The lowest BCUT2D eigenvalue weighted by atomic mass is 10.1. The zero-order valence-electron chi connectivity index (χ0n) is 23.9. The number of benzene rings is 5. The molecule has 0 amide bonds. The van der Waals surface area contributed by atoms with Crippen LogP contribution in [-0.2, 0) is 15.6 Å². The van der Waals surface area contributed by atoms with Gasteiger partial charge < -0.3 is 9.15 Å². The number of hydrogen-bond acceptors (Lipinski definition) is 7. The van der Waals surface area contributed by atoms with Gasteiger partial charge in [-0.25, -0.2) is 18.1 Å². The van der Waals surface area contributed by atoms with Gasteiger partial charge in [0.1, 0.15) is 28.6 Å². The molecule has 0 atom stereocenters. The second-order valence-corrected chi connectivity index (χ2v) is 12.2. The molecule has 0 bridgehead atoms. The summed E-state index contributed by atoms with van der Waals surface area (Å²) in [5.41, 5.74) is 4.48. The smallest absolute Gasteiger partial charge is 0.211 e. The van der Waals surface area contributed by atoms with Crippen molar-refractivity contribution in [1.82, 2.24) is 20.0 Å². The number of oxazole rings is 1. The highest BCUT2D eigenvalue weighted by Gasteiger charge is 2.23. The van der Waals surface area contributed by atoms with E-state index >= 15 is 0 Å². The van der Waals surface area contributed by atoms with E-state index in [1.54, 1.807) is 35.1 Å². The number of ether oxygens (including phenoxy) is 1. The molecular formula is C36H26N4O4S. The molecule has 0 aliphatic heterocycles. The van der Waals surface area contributed by atoms with Gasteiger partial charge in [0.05, 0.1) is 16.8 Å². The van der Waals surface area contributed by atoms with Crippen LogP contribution in [-0.4, -0.2) is 28.4 Å². The standard InChI is InChI=1S/C36H26N4O4S/c41-45(42,25-34-37-35(27-10-4-1-5-11-27)36(44-34)28-12-6-2-7-13-28)32-22-18-29(19-23-32)40-24-33(38-39-40)26-16-20-31(21-17-26)43-30-14-8-3-9-15-30/h1-24H,25H2.